The largest absolute Gasteiger partial charge is 0.499 e. The van der Waals surface area contributed by atoms with Gasteiger partial charge >= 0.3 is 0 Å². The second kappa shape index (κ2) is 14.4. The average molecular weight is 769 g/mol. The predicted molar refractivity (Wildman–Crippen MR) is 181 cm³/mol. The molecule has 45 heavy (non-hydrogen) atoms. The zero-order valence-corrected chi connectivity index (χ0v) is 27.2. The summed E-state index contributed by atoms with van der Waals surface area (Å²) in [6.07, 6.45) is 3.18. The Labute approximate surface area is 287 Å². The van der Waals surface area contributed by atoms with E-state index in [-0.39, 0.29) is 31.2 Å². The summed E-state index contributed by atoms with van der Waals surface area (Å²) in [5.41, 5.74) is 8.81. The second-order valence-corrected chi connectivity index (χ2v) is 10.7. The van der Waals surface area contributed by atoms with Crippen LogP contribution < -0.4 is 0 Å². The quantitative estimate of drug-likeness (QED) is 0.164. The molecule has 4 aromatic carbocycles. The first-order chi connectivity index (χ1) is 23.9. The van der Waals surface area contributed by atoms with Crippen LogP contribution >= 0.6 is 0 Å². The van der Waals surface area contributed by atoms with Gasteiger partial charge in [-0.1, -0.05) is 117 Å². The molecule has 1 radical (unpaired) electrons. The number of benzene rings is 4. The first kappa shape index (κ1) is 24.7. The van der Waals surface area contributed by atoms with Crippen molar-refractivity contribution in [1.29, 1.82) is 0 Å². The van der Waals surface area contributed by atoms with Gasteiger partial charge in [-0.2, -0.15) is 0 Å². The standard InChI is InChI=1S/C28H22NO.C13H12N.Ir/c1-19(2)22-13-14-29-26(17-22)23-15-24-18-27(21-11-7-4-8-12-21)30-28(24)25(16-23)20-9-5-3-6-10-20;1-10-3-6-12(7-4-10)13-8-5-11(2)9-14-13;/h3-14,16-19H,1-2H3;3-6,8-9H,1-2H3;/q2*-1;/i;1D3,2D3;. The third-order valence-corrected chi connectivity index (χ3v) is 7.26. The predicted octanol–water partition coefficient (Wildman–Crippen LogP) is 10.9. The van der Waals surface area contributed by atoms with Gasteiger partial charge in [-0.25, -0.2) is 0 Å². The summed E-state index contributed by atoms with van der Waals surface area (Å²) in [5.74, 6) is 1.29. The van der Waals surface area contributed by atoms with E-state index in [0.29, 0.717) is 17.2 Å². The van der Waals surface area contributed by atoms with Crippen LogP contribution in [0.15, 0.2) is 132 Å². The summed E-state index contributed by atoms with van der Waals surface area (Å²) in [7, 11) is 0. The van der Waals surface area contributed by atoms with Crippen molar-refractivity contribution < 1.29 is 32.7 Å². The number of hydrogen-bond acceptors (Lipinski definition) is 3. The third-order valence-electron chi connectivity index (χ3n) is 7.26. The SMILES string of the molecule is CC(C)c1ccnc(-c2[c-]c3cc(-c4ccccc4)oc3c(-c3ccccc3)c2)c1.[2H]C([2H])([2H])c1c[c-]c(-c2ccc(C([2H])([2H])[2H])cn2)cc1.[Ir]. The summed E-state index contributed by atoms with van der Waals surface area (Å²) in [5, 5.41) is 0.960. The van der Waals surface area contributed by atoms with Crippen molar-refractivity contribution in [2.45, 2.75) is 33.5 Å². The number of pyridine rings is 2. The molecule has 4 heteroatoms. The summed E-state index contributed by atoms with van der Waals surface area (Å²) >= 11 is 0. The molecule has 0 saturated heterocycles. The minimum atomic E-state index is -2.18. The molecule has 7 aromatic rings. The molecular formula is C41H34IrN2O-2. The van der Waals surface area contributed by atoms with Gasteiger partial charge in [0.2, 0.25) is 0 Å². The zero-order chi connectivity index (χ0) is 35.5. The van der Waals surface area contributed by atoms with Crippen LogP contribution in [0.2, 0.25) is 0 Å². The van der Waals surface area contributed by atoms with Crippen LogP contribution in [-0.4, -0.2) is 9.97 Å². The van der Waals surface area contributed by atoms with E-state index in [2.05, 4.69) is 96.6 Å². The van der Waals surface area contributed by atoms with Crippen LogP contribution in [0.5, 0.6) is 0 Å². The fraction of sp³-hybridized carbons (Fsp3) is 0.122. The van der Waals surface area contributed by atoms with Gasteiger partial charge in [-0.3, -0.25) is 4.98 Å². The minimum absolute atomic E-state index is 0. The summed E-state index contributed by atoms with van der Waals surface area (Å²) in [6, 6.07) is 43.0. The molecule has 0 saturated carbocycles. The van der Waals surface area contributed by atoms with E-state index < -0.39 is 13.7 Å². The number of rotatable bonds is 5. The Morgan fingerprint density at radius 1 is 0.711 bits per heavy atom. The number of nitrogens with zero attached hydrogens (tertiary/aromatic N) is 2. The van der Waals surface area contributed by atoms with Gasteiger partial charge in [0, 0.05) is 52.0 Å². The second-order valence-electron chi connectivity index (χ2n) is 10.7. The molecule has 0 N–H and O–H groups in total. The fourth-order valence-electron chi connectivity index (χ4n) is 4.88. The number of aromatic nitrogens is 2. The maximum absolute atomic E-state index is 7.28. The van der Waals surface area contributed by atoms with E-state index in [4.69, 9.17) is 12.6 Å². The normalized spacial score (nSPS) is 13.2. The molecule has 0 bridgehead atoms. The number of hydrogen-bond donors (Lipinski definition) is 0. The van der Waals surface area contributed by atoms with E-state index in [1.54, 1.807) is 12.1 Å². The van der Waals surface area contributed by atoms with Gasteiger partial charge in [-0.05, 0) is 46.8 Å². The zero-order valence-electron chi connectivity index (χ0n) is 30.8. The summed E-state index contributed by atoms with van der Waals surface area (Å²) in [6.45, 7) is 0.0568. The molecule has 0 fully saturated rings. The summed E-state index contributed by atoms with van der Waals surface area (Å²) in [4.78, 5) is 8.71. The molecule has 3 nitrogen and oxygen atoms in total. The smallest absolute Gasteiger partial charge is 0.0914 e. The van der Waals surface area contributed by atoms with Crippen molar-refractivity contribution in [2.75, 3.05) is 0 Å². The Balaban J connectivity index is 0.000000211. The van der Waals surface area contributed by atoms with Crippen molar-refractivity contribution >= 4 is 11.0 Å². The van der Waals surface area contributed by atoms with Crippen molar-refractivity contribution in [1.82, 2.24) is 9.97 Å². The van der Waals surface area contributed by atoms with E-state index in [9.17, 15) is 0 Å². The molecular weight excluding hydrogens is 729 g/mol. The van der Waals surface area contributed by atoms with Gasteiger partial charge in [-0.15, -0.1) is 47.5 Å². The molecule has 225 valence electrons. The Hall–Kier alpha value is -4.63. The van der Waals surface area contributed by atoms with Crippen LogP contribution in [0.25, 0.3) is 55.9 Å². The van der Waals surface area contributed by atoms with Gasteiger partial charge in [0.05, 0.1) is 11.3 Å². The molecule has 0 aliphatic rings. The first-order valence-corrected chi connectivity index (χ1v) is 14.4. The van der Waals surface area contributed by atoms with Crippen LogP contribution in [0.4, 0.5) is 0 Å². The molecule has 7 rings (SSSR count). The van der Waals surface area contributed by atoms with Gasteiger partial charge in [0.1, 0.15) is 0 Å². The van der Waals surface area contributed by atoms with Crippen LogP contribution in [0, 0.1) is 25.8 Å². The topological polar surface area (TPSA) is 38.9 Å². The van der Waals surface area contributed by atoms with Crippen molar-refractivity contribution in [3.8, 4) is 45.0 Å². The monoisotopic (exact) mass is 769 g/mol. The van der Waals surface area contributed by atoms with Crippen molar-refractivity contribution in [2.24, 2.45) is 0 Å². The molecule has 0 aliphatic heterocycles. The number of fused-ring (bicyclic) bond motifs is 1. The van der Waals surface area contributed by atoms with E-state index in [1.165, 1.54) is 30.0 Å². The molecule has 0 unspecified atom stereocenters. The van der Waals surface area contributed by atoms with Gasteiger partial charge < -0.3 is 9.40 Å². The van der Waals surface area contributed by atoms with E-state index >= 15 is 0 Å². The van der Waals surface area contributed by atoms with E-state index in [0.717, 1.165) is 44.7 Å². The molecule has 3 heterocycles. The Morgan fingerprint density at radius 2 is 1.44 bits per heavy atom. The van der Waals surface area contributed by atoms with E-state index in [1.807, 2.05) is 30.5 Å². The average Bonchev–Trinajstić information content (AvgIpc) is 3.56. The van der Waals surface area contributed by atoms with Crippen molar-refractivity contribution in [3.63, 3.8) is 0 Å². The van der Waals surface area contributed by atoms with Gasteiger partial charge in [0.25, 0.3) is 0 Å². The Morgan fingerprint density at radius 3 is 2.09 bits per heavy atom. The maximum Gasteiger partial charge on any atom is 0.0914 e. The van der Waals surface area contributed by atoms with Crippen LogP contribution in [0.3, 0.4) is 0 Å². The molecule has 0 aliphatic carbocycles. The summed E-state index contributed by atoms with van der Waals surface area (Å²) < 4.78 is 50.0. The van der Waals surface area contributed by atoms with Crippen LogP contribution in [0.1, 0.15) is 44.7 Å². The Bertz CT molecular complexity index is 2140. The molecule has 3 aromatic heterocycles. The molecule has 0 atom stereocenters. The number of furan rings is 1. The fourth-order valence-corrected chi connectivity index (χ4v) is 4.88. The first-order valence-electron chi connectivity index (χ1n) is 17.4. The minimum Gasteiger partial charge on any atom is -0.499 e. The molecule has 0 amide bonds. The molecule has 0 spiro atoms. The maximum atomic E-state index is 7.28. The number of aryl methyl sites for hydroxylation is 2. The van der Waals surface area contributed by atoms with Gasteiger partial charge in [0.15, 0.2) is 0 Å². The van der Waals surface area contributed by atoms with Crippen LogP contribution in [-0.2, 0) is 20.1 Å². The third kappa shape index (κ3) is 7.54. The Kier molecular flexibility index (Phi) is 7.91. The van der Waals surface area contributed by atoms with Crippen molar-refractivity contribution in [3.05, 3.63) is 156 Å².